The molecule has 0 heterocycles. The van der Waals surface area contributed by atoms with Crippen molar-refractivity contribution in [2.45, 2.75) is 6.92 Å². The lowest BCUT2D eigenvalue weighted by molar-refractivity contribution is -0.114. The average Bonchev–Trinajstić information content (AvgIpc) is 2.26. The van der Waals surface area contributed by atoms with Gasteiger partial charge in [-0.1, -0.05) is 36.1 Å². The molecule has 1 aromatic carbocycles. The number of thioether (sulfide) groups is 1. The van der Waals surface area contributed by atoms with Crippen molar-refractivity contribution in [1.29, 1.82) is 0 Å². The molecule has 0 unspecified atom stereocenters. The molecule has 5 heteroatoms. The Morgan fingerprint density at radius 1 is 1.47 bits per heavy atom. The molecule has 0 aliphatic carbocycles. The number of benzene rings is 1. The molecule has 3 nitrogen and oxygen atoms in total. The minimum absolute atomic E-state index is 0.0919. The van der Waals surface area contributed by atoms with Crippen LogP contribution in [0.5, 0.6) is 0 Å². The highest BCUT2D eigenvalue weighted by Gasteiger charge is 2.00. The van der Waals surface area contributed by atoms with Crippen molar-refractivity contribution < 1.29 is 4.79 Å². The molecule has 0 spiro atoms. The van der Waals surface area contributed by atoms with Crippen LogP contribution in [0.25, 0.3) is 0 Å². The van der Waals surface area contributed by atoms with Gasteiger partial charge in [0, 0.05) is 24.1 Å². The van der Waals surface area contributed by atoms with Crippen molar-refractivity contribution in [3.63, 3.8) is 0 Å². The summed E-state index contributed by atoms with van der Waals surface area (Å²) in [5.41, 5.74) is 1.61. The fourth-order valence-electron chi connectivity index (χ4n) is 1.17. The molecule has 0 aliphatic rings. The van der Waals surface area contributed by atoms with E-state index in [-0.39, 0.29) is 5.91 Å². The predicted molar refractivity (Wildman–Crippen MR) is 79.6 cm³/mol. The van der Waals surface area contributed by atoms with Crippen molar-refractivity contribution in [3.05, 3.63) is 36.9 Å². The number of rotatable bonds is 4. The smallest absolute Gasteiger partial charge is 0.221 e. The van der Waals surface area contributed by atoms with Gasteiger partial charge in [-0.15, -0.1) is 6.58 Å². The van der Waals surface area contributed by atoms with Crippen LogP contribution in [0.3, 0.4) is 0 Å². The Morgan fingerprint density at radius 3 is 2.71 bits per heavy atom. The van der Waals surface area contributed by atoms with Crippen molar-refractivity contribution in [2.75, 3.05) is 16.4 Å². The molecule has 1 amide bonds. The number of thiocarbonyl (C=S) groups is 1. The maximum absolute atomic E-state index is 10.9. The zero-order valence-electron chi connectivity index (χ0n) is 9.53. The molecule has 90 valence electrons. The van der Waals surface area contributed by atoms with Gasteiger partial charge in [-0.05, 0) is 18.2 Å². The van der Waals surface area contributed by atoms with E-state index >= 15 is 0 Å². The minimum atomic E-state index is -0.0919. The number of nitrogens with one attached hydrogen (secondary N) is 2. The highest BCUT2D eigenvalue weighted by Crippen LogP contribution is 2.17. The first kappa shape index (κ1) is 13.7. The summed E-state index contributed by atoms with van der Waals surface area (Å²) in [6.45, 7) is 5.11. The lowest BCUT2D eigenvalue weighted by atomic mass is 10.3. The number of anilines is 2. The van der Waals surface area contributed by atoms with Gasteiger partial charge >= 0.3 is 0 Å². The second kappa shape index (κ2) is 7.09. The lowest BCUT2D eigenvalue weighted by Gasteiger charge is -2.08. The van der Waals surface area contributed by atoms with Crippen LogP contribution in [-0.4, -0.2) is 16.0 Å². The quantitative estimate of drug-likeness (QED) is 0.648. The van der Waals surface area contributed by atoms with E-state index in [0.717, 1.165) is 17.1 Å². The summed E-state index contributed by atoms with van der Waals surface area (Å²) < 4.78 is 0.685. The lowest BCUT2D eigenvalue weighted by Crippen LogP contribution is -2.08. The molecule has 0 aromatic heterocycles. The largest absolute Gasteiger partial charge is 0.341 e. The summed E-state index contributed by atoms with van der Waals surface area (Å²) >= 11 is 6.66. The van der Waals surface area contributed by atoms with Crippen LogP contribution in [0.4, 0.5) is 11.4 Å². The van der Waals surface area contributed by atoms with Crippen LogP contribution in [0.2, 0.25) is 0 Å². The van der Waals surface area contributed by atoms with Crippen molar-refractivity contribution in [2.24, 2.45) is 0 Å². The predicted octanol–water partition coefficient (Wildman–Crippen LogP) is 3.26. The van der Waals surface area contributed by atoms with Crippen LogP contribution < -0.4 is 10.6 Å². The van der Waals surface area contributed by atoms with E-state index in [0.29, 0.717) is 4.32 Å². The molecule has 17 heavy (non-hydrogen) atoms. The number of amides is 1. The molecule has 0 atom stereocenters. The average molecular weight is 266 g/mol. The van der Waals surface area contributed by atoms with Gasteiger partial charge in [-0.25, -0.2) is 0 Å². The maximum atomic E-state index is 10.9. The summed E-state index contributed by atoms with van der Waals surface area (Å²) in [6, 6.07) is 7.41. The first-order chi connectivity index (χ1) is 8.11. The molecule has 0 bridgehead atoms. The molecule has 0 aliphatic heterocycles. The summed E-state index contributed by atoms with van der Waals surface area (Å²) in [5.74, 6) is 0.683. The Kier molecular flexibility index (Phi) is 5.72. The molecular weight excluding hydrogens is 252 g/mol. The van der Waals surface area contributed by atoms with E-state index in [1.807, 2.05) is 24.3 Å². The number of carbonyl (C=O) groups excluding carboxylic acids is 1. The van der Waals surface area contributed by atoms with Gasteiger partial charge in [-0.3, -0.25) is 4.79 Å². The molecule has 0 saturated carbocycles. The number of carbonyl (C=O) groups is 1. The van der Waals surface area contributed by atoms with E-state index in [9.17, 15) is 4.79 Å². The van der Waals surface area contributed by atoms with Gasteiger partial charge in [-0.2, -0.15) is 0 Å². The Balaban J connectivity index is 2.61. The SMILES string of the molecule is C=CCSC(=S)Nc1cccc(NC(C)=O)c1. The van der Waals surface area contributed by atoms with Crippen molar-refractivity contribution in [1.82, 2.24) is 0 Å². The number of hydrogen-bond donors (Lipinski definition) is 2. The molecule has 2 N–H and O–H groups in total. The van der Waals surface area contributed by atoms with Crippen LogP contribution in [0.15, 0.2) is 36.9 Å². The minimum Gasteiger partial charge on any atom is -0.341 e. The highest BCUT2D eigenvalue weighted by atomic mass is 32.2. The second-order valence-electron chi connectivity index (χ2n) is 3.27. The molecule has 0 fully saturated rings. The van der Waals surface area contributed by atoms with Crippen LogP contribution in [0.1, 0.15) is 6.92 Å². The zero-order chi connectivity index (χ0) is 12.7. The van der Waals surface area contributed by atoms with Gasteiger partial charge in [0.05, 0.1) is 0 Å². The van der Waals surface area contributed by atoms with Crippen LogP contribution >= 0.6 is 24.0 Å². The molecule has 1 rings (SSSR count). The Bertz CT molecular complexity index is 432. The third kappa shape index (κ3) is 5.51. The maximum Gasteiger partial charge on any atom is 0.221 e. The Morgan fingerprint density at radius 2 is 2.12 bits per heavy atom. The van der Waals surface area contributed by atoms with Gasteiger partial charge in [0.25, 0.3) is 0 Å². The Labute approximate surface area is 111 Å². The molecule has 0 saturated heterocycles. The first-order valence-corrected chi connectivity index (χ1v) is 6.43. The van der Waals surface area contributed by atoms with Gasteiger partial charge < -0.3 is 10.6 Å². The molecular formula is C12H14N2OS2. The summed E-state index contributed by atoms with van der Waals surface area (Å²) in [5, 5.41) is 5.80. The van der Waals surface area contributed by atoms with E-state index in [4.69, 9.17) is 12.2 Å². The van der Waals surface area contributed by atoms with Crippen molar-refractivity contribution >= 4 is 45.6 Å². The van der Waals surface area contributed by atoms with Crippen LogP contribution in [-0.2, 0) is 4.79 Å². The fraction of sp³-hybridized carbons (Fsp3) is 0.167. The summed E-state index contributed by atoms with van der Waals surface area (Å²) in [7, 11) is 0. The highest BCUT2D eigenvalue weighted by molar-refractivity contribution is 8.23. The van der Waals surface area contributed by atoms with Crippen molar-refractivity contribution in [3.8, 4) is 0 Å². The first-order valence-electron chi connectivity index (χ1n) is 5.04. The molecule has 0 radical (unpaired) electrons. The fourth-order valence-corrected chi connectivity index (χ4v) is 1.95. The Hall–Kier alpha value is -1.33. The van der Waals surface area contributed by atoms with E-state index in [2.05, 4.69) is 17.2 Å². The van der Waals surface area contributed by atoms with E-state index in [1.54, 1.807) is 6.08 Å². The molecule has 1 aromatic rings. The monoisotopic (exact) mass is 266 g/mol. The van der Waals surface area contributed by atoms with E-state index < -0.39 is 0 Å². The summed E-state index contributed by atoms with van der Waals surface area (Å²) in [4.78, 5) is 10.9. The second-order valence-corrected chi connectivity index (χ2v) is 4.97. The van der Waals surface area contributed by atoms with Gasteiger partial charge in [0.15, 0.2) is 0 Å². The van der Waals surface area contributed by atoms with Gasteiger partial charge in [0.2, 0.25) is 5.91 Å². The van der Waals surface area contributed by atoms with E-state index in [1.165, 1.54) is 18.7 Å². The summed E-state index contributed by atoms with van der Waals surface area (Å²) in [6.07, 6.45) is 1.80. The normalized spacial score (nSPS) is 9.47. The number of hydrogen-bond acceptors (Lipinski definition) is 3. The van der Waals surface area contributed by atoms with Crippen LogP contribution in [0, 0.1) is 0 Å². The standard InChI is InChI=1S/C12H14N2OS2/c1-3-7-17-12(16)14-11-6-4-5-10(8-11)13-9(2)15/h3-6,8H,1,7H2,2H3,(H,13,15)(H,14,16). The third-order valence-electron chi connectivity index (χ3n) is 1.76. The third-order valence-corrected chi connectivity index (χ3v) is 2.98. The topological polar surface area (TPSA) is 41.1 Å². The van der Waals surface area contributed by atoms with Gasteiger partial charge in [0.1, 0.15) is 4.32 Å². The zero-order valence-corrected chi connectivity index (χ0v) is 11.2.